The molecule has 13 rings (SSSR count). The summed E-state index contributed by atoms with van der Waals surface area (Å²) in [6.07, 6.45) is 5.70. The Labute approximate surface area is 625 Å². The van der Waals surface area contributed by atoms with E-state index in [4.69, 9.17) is 0 Å². The van der Waals surface area contributed by atoms with E-state index in [-0.39, 0.29) is 5.78 Å². The summed E-state index contributed by atoms with van der Waals surface area (Å²) in [6.45, 7) is 17.3. The number of pyridine rings is 1. The van der Waals surface area contributed by atoms with Crippen LogP contribution in [0.3, 0.4) is 0 Å². The fourth-order valence-corrected chi connectivity index (χ4v) is 10.6. The molecule has 13 aromatic rings. The van der Waals surface area contributed by atoms with Gasteiger partial charge in [0.1, 0.15) is 0 Å². The van der Waals surface area contributed by atoms with Gasteiger partial charge >= 0.3 is 0 Å². The number of anilines is 4. The van der Waals surface area contributed by atoms with Crippen molar-refractivity contribution in [1.29, 1.82) is 0 Å². The van der Waals surface area contributed by atoms with Crippen LogP contribution in [0.4, 0.5) is 22.7 Å². The number of nitrogens with zero attached hydrogens (tertiary/aromatic N) is 5. The molecule has 0 fully saturated rings. The van der Waals surface area contributed by atoms with Gasteiger partial charge < -0.3 is 19.6 Å². The zero-order valence-electron chi connectivity index (χ0n) is 64.2. The monoisotopic (exact) mass is 1370 g/mol. The van der Waals surface area contributed by atoms with E-state index in [0.717, 1.165) is 42.5 Å². The Morgan fingerprint density at radius 2 is 0.625 bits per heavy atom. The second-order valence-electron chi connectivity index (χ2n) is 26.8. The Morgan fingerprint density at radius 1 is 0.288 bits per heavy atom. The Hall–Kier alpha value is -11.3. The standard InChI is InChI=1S/C20H16O.C14H14.C13H12.C12H11N.2C11H17N.C9H13N.C8H11N/c21-20(18-9-5-2-6-10-18)19-13-11-17(12-14-19)15-16-7-3-1-4-8-16;1-12-7-9-14(10-8-12)11-13-5-3-2-4-6-13;1-3-7-12(8-4-1)11-13-9-5-2-6-10-13;1-2-6-11(7-3-1)10-12-8-4-5-9-13-12;1-9(2)12(4)11-7-5-10(3)6-8-11;1-9(2)12(4)11-7-5-6-10(3)8-11;1-8-6-4-5-7-9(8)10(2)3;1-9(2)8-6-4-3-5-7-8/h1-14H,15H2;2-10H,11H2,1H3;1-10H,11H2;1-9H,10H2;2*5-9H,1-4H3;4-7H,1-3H3;3-7H,1-2H3. The number of carbonyl (C=O) groups excluding carboxylic acids is 1. The van der Waals surface area contributed by atoms with Gasteiger partial charge in [-0.05, 0) is 179 Å². The van der Waals surface area contributed by atoms with E-state index in [9.17, 15) is 4.79 Å². The number of carbonyl (C=O) groups is 1. The van der Waals surface area contributed by atoms with E-state index in [1.165, 1.54) is 83.9 Å². The molecule has 0 unspecified atom stereocenters. The van der Waals surface area contributed by atoms with Crippen molar-refractivity contribution in [2.75, 3.05) is 61.9 Å². The minimum Gasteiger partial charge on any atom is -0.378 e. The third-order valence-corrected chi connectivity index (χ3v) is 17.2. The molecule has 0 bridgehead atoms. The number of benzene rings is 12. The van der Waals surface area contributed by atoms with Crippen LogP contribution in [0.1, 0.15) is 111 Å². The number of ketones is 1. The van der Waals surface area contributed by atoms with Gasteiger partial charge in [0.2, 0.25) is 0 Å². The van der Waals surface area contributed by atoms with Gasteiger partial charge in [-0.25, -0.2) is 0 Å². The predicted molar refractivity (Wildman–Crippen MR) is 451 cm³/mol. The zero-order valence-corrected chi connectivity index (χ0v) is 64.2. The van der Waals surface area contributed by atoms with Crippen molar-refractivity contribution in [3.63, 3.8) is 0 Å². The van der Waals surface area contributed by atoms with E-state index in [1.807, 2.05) is 136 Å². The maximum absolute atomic E-state index is 12.3. The van der Waals surface area contributed by atoms with Crippen molar-refractivity contribution in [2.45, 2.75) is 93.2 Å². The molecule has 0 amide bonds. The lowest BCUT2D eigenvalue weighted by atomic mass is 9.99. The van der Waals surface area contributed by atoms with Crippen molar-refractivity contribution in [3.8, 4) is 0 Å². The Morgan fingerprint density at radius 3 is 0.990 bits per heavy atom. The number of rotatable bonds is 16. The van der Waals surface area contributed by atoms with E-state index in [1.54, 1.807) is 0 Å². The number of hydrogen-bond acceptors (Lipinski definition) is 6. The fraction of sp³-hybridized carbons (Fsp3) is 0.204. The van der Waals surface area contributed by atoms with Gasteiger partial charge in [0, 0.05) is 107 Å². The maximum atomic E-state index is 12.3. The molecule has 534 valence electrons. The maximum Gasteiger partial charge on any atom is 0.193 e. The lowest BCUT2D eigenvalue weighted by molar-refractivity contribution is 0.103. The third kappa shape index (κ3) is 31.7. The molecule has 0 aliphatic carbocycles. The van der Waals surface area contributed by atoms with Crippen LogP contribution < -0.4 is 19.6 Å². The summed E-state index contributed by atoms with van der Waals surface area (Å²) < 4.78 is 0. The van der Waals surface area contributed by atoms with Crippen LogP contribution in [-0.2, 0) is 25.7 Å². The molecule has 0 N–H and O–H groups in total. The second kappa shape index (κ2) is 46.2. The lowest BCUT2D eigenvalue weighted by Gasteiger charge is -2.23. The molecule has 12 aromatic carbocycles. The van der Waals surface area contributed by atoms with Crippen LogP contribution in [0.25, 0.3) is 0 Å². The second-order valence-corrected chi connectivity index (χ2v) is 26.8. The van der Waals surface area contributed by atoms with Crippen LogP contribution >= 0.6 is 0 Å². The first-order valence-electron chi connectivity index (χ1n) is 36.2. The first-order chi connectivity index (χ1) is 50.3. The van der Waals surface area contributed by atoms with Crippen LogP contribution in [-0.4, -0.2) is 65.1 Å². The Bertz CT molecular complexity index is 4190. The van der Waals surface area contributed by atoms with Gasteiger partial charge in [0.05, 0.1) is 0 Å². The van der Waals surface area contributed by atoms with Crippen LogP contribution in [0.2, 0.25) is 0 Å². The van der Waals surface area contributed by atoms with E-state index in [2.05, 4.69) is 345 Å². The summed E-state index contributed by atoms with van der Waals surface area (Å²) in [6, 6.07) is 121. The zero-order chi connectivity index (χ0) is 74.7. The van der Waals surface area contributed by atoms with Gasteiger partial charge in [0.15, 0.2) is 5.78 Å². The SMILES string of the molecule is CN(C)c1ccccc1.Cc1ccc(Cc2ccccc2)cc1.Cc1ccc(N(C)C(C)C)cc1.Cc1cccc(N(C)C(C)C)c1.Cc1ccccc1N(C)C.O=C(c1ccccc1)c1ccc(Cc2ccccc2)cc1.c1ccc(Cc2ccccc2)cc1.c1ccc(Cc2ccccn2)cc1. The average molecular weight is 1370 g/mol. The Balaban J connectivity index is 0.000000189. The molecular formula is C98H111N5O. The van der Waals surface area contributed by atoms with Crippen LogP contribution in [0.15, 0.2) is 358 Å². The number of aryl methyl sites for hydroxylation is 4. The molecule has 6 nitrogen and oxygen atoms in total. The van der Waals surface area contributed by atoms with Gasteiger partial charge in [-0.2, -0.15) is 0 Å². The first kappa shape index (κ1) is 81.6. The molecule has 104 heavy (non-hydrogen) atoms. The quantitative estimate of drug-likeness (QED) is 0.0898. The minimum atomic E-state index is 0.0712. The summed E-state index contributed by atoms with van der Waals surface area (Å²) >= 11 is 0. The van der Waals surface area contributed by atoms with E-state index in [0.29, 0.717) is 12.1 Å². The van der Waals surface area contributed by atoms with Gasteiger partial charge in [-0.1, -0.05) is 308 Å². The van der Waals surface area contributed by atoms with E-state index < -0.39 is 0 Å². The van der Waals surface area contributed by atoms with Crippen molar-refractivity contribution in [1.82, 2.24) is 4.98 Å². The van der Waals surface area contributed by atoms with Crippen molar-refractivity contribution in [3.05, 3.63) is 436 Å². The normalized spacial score (nSPS) is 10.0. The van der Waals surface area contributed by atoms with Crippen LogP contribution in [0.5, 0.6) is 0 Å². The fourth-order valence-electron chi connectivity index (χ4n) is 10.6. The molecule has 0 atom stereocenters. The van der Waals surface area contributed by atoms with Gasteiger partial charge in [0.25, 0.3) is 0 Å². The highest BCUT2D eigenvalue weighted by Gasteiger charge is 2.09. The number of hydrogen-bond donors (Lipinski definition) is 0. The molecular weight excluding hydrogens is 1260 g/mol. The molecule has 0 saturated carbocycles. The van der Waals surface area contributed by atoms with Gasteiger partial charge in [-0.15, -0.1) is 0 Å². The van der Waals surface area contributed by atoms with Crippen molar-refractivity contribution < 1.29 is 4.79 Å². The van der Waals surface area contributed by atoms with Crippen molar-refractivity contribution >= 4 is 28.5 Å². The molecule has 0 aliphatic rings. The summed E-state index contributed by atoms with van der Waals surface area (Å²) in [5, 5.41) is 0. The summed E-state index contributed by atoms with van der Waals surface area (Å²) in [7, 11) is 12.4. The van der Waals surface area contributed by atoms with Crippen LogP contribution in [0, 0.1) is 27.7 Å². The summed E-state index contributed by atoms with van der Waals surface area (Å²) in [4.78, 5) is 25.3. The first-order valence-corrected chi connectivity index (χ1v) is 36.2. The molecule has 6 heteroatoms. The molecule has 0 radical (unpaired) electrons. The highest BCUT2D eigenvalue weighted by atomic mass is 16.1. The summed E-state index contributed by atoms with van der Waals surface area (Å²) in [5.41, 5.74) is 22.3. The largest absolute Gasteiger partial charge is 0.378 e. The highest BCUT2D eigenvalue weighted by Crippen LogP contribution is 2.20. The van der Waals surface area contributed by atoms with E-state index >= 15 is 0 Å². The lowest BCUT2D eigenvalue weighted by Crippen LogP contribution is -2.25. The smallest absolute Gasteiger partial charge is 0.193 e. The highest BCUT2D eigenvalue weighted by molar-refractivity contribution is 6.09. The number of para-hydroxylation sites is 2. The molecule has 0 spiro atoms. The third-order valence-electron chi connectivity index (χ3n) is 17.2. The predicted octanol–water partition coefficient (Wildman–Crippen LogP) is 23.5. The molecule has 1 heterocycles. The van der Waals surface area contributed by atoms with Gasteiger partial charge in [-0.3, -0.25) is 9.78 Å². The minimum absolute atomic E-state index is 0.0712. The summed E-state index contributed by atoms with van der Waals surface area (Å²) in [5.74, 6) is 0.0712. The molecule has 1 aromatic heterocycles. The Kier molecular flexibility index (Phi) is 36.3. The average Bonchev–Trinajstić information content (AvgIpc) is 0.843. The molecule has 0 saturated heterocycles. The van der Waals surface area contributed by atoms with Crippen molar-refractivity contribution in [2.24, 2.45) is 0 Å². The number of aromatic nitrogens is 1. The topological polar surface area (TPSA) is 42.9 Å². The molecule has 0 aliphatic heterocycles.